The number of benzene rings is 1. The summed E-state index contributed by atoms with van der Waals surface area (Å²) in [6.45, 7) is 0. The van der Waals surface area contributed by atoms with Crippen molar-refractivity contribution in [3.8, 4) is 11.3 Å². The van der Waals surface area contributed by atoms with Crippen molar-refractivity contribution in [2.24, 2.45) is 0 Å². The average Bonchev–Trinajstić information content (AvgIpc) is 2.48. The lowest BCUT2D eigenvalue weighted by Crippen LogP contribution is -2.48. The van der Waals surface area contributed by atoms with Crippen molar-refractivity contribution in [3.05, 3.63) is 54.2 Å². The summed E-state index contributed by atoms with van der Waals surface area (Å²) in [5.41, 5.74) is 4.42. The van der Waals surface area contributed by atoms with Gasteiger partial charge in [-0.1, -0.05) is 24.6 Å². The number of pyridine rings is 1. The number of hydrogen-bond acceptors (Lipinski definition) is 0. The molecular weight excluding hydrogens is 218 g/mol. The van der Waals surface area contributed by atoms with Crippen molar-refractivity contribution in [3.63, 3.8) is 0 Å². The van der Waals surface area contributed by atoms with Crippen LogP contribution in [0.3, 0.4) is 0 Å². The van der Waals surface area contributed by atoms with Crippen molar-refractivity contribution in [2.75, 3.05) is 0 Å². The summed E-state index contributed by atoms with van der Waals surface area (Å²) in [7, 11) is 0. The van der Waals surface area contributed by atoms with Gasteiger partial charge < -0.3 is 0 Å². The molecule has 1 saturated carbocycles. The van der Waals surface area contributed by atoms with Crippen LogP contribution in [0.5, 0.6) is 0 Å². The van der Waals surface area contributed by atoms with Gasteiger partial charge >= 0.3 is 0 Å². The fraction of sp³-hybridized carbons (Fsp3) is 0.353. The summed E-state index contributed by atoms with van der Waals surface area (Å²) < 4.78 is 2.52. The maximum Gasteiger partial charge on any atom is 0.213 e. The predicted octanol–water partition coefficient (Wildman–Crippen LogP) is 3.85. The van der Waals surface area contributed by atoms with Crippen molar-refractivity contribution in [2.45, 2.75) is 37.6 Å². The van der Waals surface area contributed by atoms with E-state index in [0.717, 1.165) is 5.92 Å². The van der Waals surface area contributed by atoms with Crippen molar-refractivity contribution in [1.29, 1.82) is 0 Å². The van der Waals surface area contributed by atoms with Crippen molar-refractivity contribution >= 4 is 0 Å². The quantitative estimate of drug-likeness (QED) is 0.612. The van der Waals surface area contributed by atoms with E-state index < -0.39 is 0 Å². The normalized spacial score (nSPS) is 24.9. The second kappa shape index (κ2) is 3.94. The number of nitrogens with zero attached hydrogens (tertiary/aromatic N) is 1. The highest BCUT2D eigenvalue weighted by molar-refractivity contribution is 5.63. The van der Waals surface area contributed by atoms with E-state index in [2.05, 4.69) is 53.2 Å². The van der Waals surface area contributed by atoms with Crippen LogP contribution in [-0.2, 0) is 0 Å². The Bertz CT molecular complexity index is 534. The predicted molar refractivity (Wildman–Crippen MR) is 72.3 cm³/mol. The molecule has 1 aromatic heterocycles. The zero-order valence-electron chi connectivity index (χ0n) is 10.5. The molecule has 1 aliphatic carbocycles. The molecule has 2 unspecified atom stereocenters. The highest BCUT2D eigenvalue weighted by Gasteiger charge is 2.40. The molecule has 1 aliphatic heterocycles. The molecule has 0 radical (unpaired) electrons. The van der Waals surface area contributed by atoms with Gasteiger partial charge in [-0.05, 0) is 30.5 Å². The standard InChI is InChI=1S/C17H18N/c1-2-8-14-13(7-1)15-9-3-4-10-16(15)18-12-6-5-11-17(14)18/h1-2,5-8,11-12,15-16H,3-4,9-10H2/q+1. The molecule has 0 bridgehead atoms. The van der Waals surface area contributed by atoms with Gasteiger partial charge in [0.2, 0.25) is 5.69 Å². The van der Waals surface area contributed by atoms with Crippen LogP contribution in [0.4, 0.5) is 0 Å². The Labute approximate surface area is 108 Å². The van der Waals surface area contributed by atoms with Crippen molar-refractivity contribution < 1.29 is 4.57 Å². The van der Waals surface area contributed by atoms with Crippen LogP contribution in [0.2, 0.25) is 0 Å². The van der Waals surface area contributed by atoms with Gasteiger partial charge in [0.05, 0.1) is 0 Å². The van der Waals surface area contributed by atoms with E-state index in [1.807, 2.05) is 0 Å². The number of aromatic nitrogens is 1. The molecule has 1 fully saturated rings. The Hall–Kier alpha value is -1.63. The Balaban J connectivity index is 1.99. The topological polar surface area (TPSA) is 3.88 Å². The van der Waals surface area contributed by atoms with Gasteiger partial charge in [0, 0.05) is 30.0 Å². The third kappa shape index (κ3) is 1.37. The largest absolute Gasteiger partial charge is 0.213 e. The average molecular weight is 236 g/mol. The summed E-state index contributed by atoms with van der Waals surface area (Å²) in [5, 5.41) is 0. The summed E-state index contributed by atoms with van der Waals surface area (Å²) in [4.78, 5) is 0. The van der Waals surface area contributed by atoms with Crippen LogP contribution in [0.15, 0.2) is 48.7 Å². The maximum atomic E-state index is 2.52. The summed E-state index contributed by atoms with van der Waals surface area (Å²) >= 11 is 0. The molecule has 2 aliphatic rings. The first kappa shape index (κ1) is 10.3. The maximum absolute atomic E-state index is 2.52. The smallest absolute Gasteiger partial charge is 0.195 e. The molecule has 1 heteroatoms. The van der Waals surface area contributed by atoms with Gasteiger partial charge in [0.15, 0.2) is 12.2 Å². The van der Waals surface area contributed by atoms with E-state index in [4.69, 9.17) is 0 Å². The fourth-order valence-electron chi connectivity index (χ4n) is 3.83. The van der Waals surface area contributed by atoms with Gasteiger partial charge in [0.25, 0.3) is 0 Å². The Morgan fingerprint density at radius 2 is 1.72 bits per heavy atom. The lowest BCUT2D eigenvalue weighted by atomic mass is 9.75. The van der Waals surface area contributed by atoms with Crippen LogP contribution in [-0.4, -0.2) is 0 Å². The minimum Gasteiger partial charge on any atom is -0.195 e. The highest BCUT2D eigenvalue weighted by Crippen LogP contribution is 2.45. The summed E-state index contributed by atoms with van der Waals surface area (Å²) in [6.07, 6.45) is 7.72. The summed E-state index contributed by atoms with van der Waals surface area (Å²) in [6, 6.07) is 16.3. The first-order valence-corrected chi connectivity index (χ1v) is 7.04. The third-order valence-corrected chi connectivity index (χ3v) is 4.61. The zero-order valence-corrected chi connectivity index (χ0v) is 10.5. The van der Waals surface area contributed by atoms with Gasteiger partial charge in [-0.25, -0.2) is 0 Å². The molecule has 2 heterocycles. The first-order valence-electron chi connectivity index (χ1n) is 7.04. The third-order valence-electron chi connectivity index (χ3n) is 4.61. The van der Waals surface area contributed by atoms with Gasteiger partial charge in [-0.3, -0.25) is 0 Å². The minimum absolute atomic E-state index is 0.685. The van der Waals surface area contributed by atoms with Gasteiger partial charge in [0.1, 0.15) is 0 Å². The molecule has 90 valence electrons. The van der Waals surface area contributed by atoms with Crippen LogP contribution >= 0.6 is 0 Å². The molecule has 0 saturated heterocycles. The second-order valence-corrected chi connectivity index (χ2v) is 5.54. The molecule has 4 rings (SSSR count). The number of hydrogen-bond donors (Lipinski definition) is 0. The van der Waals surface area contributed by atoms with E-state index in [1.54, 1.807) is 5.56 Å². The molecule has 0 N–H and O–H groups in total. The van der Waals surface area contributed by atoms with E-state index in [1.165, 1.54) is 36.9 Å². The Kier molecular flexibility index (Phi) is 2.26. The Morgan fingerprint density at radius 1 is 0.889 bits per heavy atom. The molecule has 18 heavy (non-hydrogen) atoms. The number of fused-ring (bicyclic) bond motifs is 6. The molecule has 2 atom stereocenters. The lowest BCUT2D eigenvalue weighted by molar-refractivity contribution is -0.720. The molecule has 1 nitrogen and oxygen atoms in total. The minimum atomic E-state index is 0.685. The van der Waals surface area contributed by atoms with E-state index in [9.17, 15) is 0 Å². The molecule has 0 spiro atoms. The van der Waals surface area contributed by atoms with E-state index in [-0.39, 0.29) is 0 Å². The van der Waals surface area contributed by atoms with Crippen LogP contribution in [0.1, 0.15) is 43.2 Å². The summed E-state index contributed by atoms with van der Waals surface area (Å²) in [5.74, 6) is 0.731. The van der Waals surface area contributed by atoms with Crippen LogP contribution in [0.25, 0.3) is 11.3 Å². The molecule has 0 amide bonds. The molecule has 1 aromatic carbocycles. The monoisotopic (exact) mass is 236 g/mol. The van der Waals surface area contributed by atoms with Crippen LogP contribution < -0.4 is 4.57 Å². The van der Waals surface area contributed by atoms with Crippen molar-refractivity contribution in [1.82, 2.24) is 0 Å². The van der Waals surface area contributed by atoms with E-state index >= 15 is 0 Å². The molecule has 2 aromatic rings. The highest BCUT2D eigenvalue weighted by atomic mass is 15.0. The first-order chi connectivity index (χ1) is 8.95. The van der Waals surface area contributed by atoms with Crippen LogP contribution in [0, 0.1) is 0 Å². The fourth-order valence-corrected chi connectivity index (χ4v) is 3.83. The zero-order chi connectivity index (χ0) is 11.9. The molecular formula is C17H18N+. The lowest BCUT2D eigenvalue weighted by Gasteiger charge is -2.33. The van der Waals surface area contributed by atoms with Gasteiger partial charge in [-0.15, -0.1) is 0 Å². The Morgan fingerprint density at radius 3 is 2.72 bits per heavy atom. The van der Waals surface area contributed by atoms with Gasteiger partial charge in [-0.2, -0.15) is 4.57 Å². The SMILES string of the molecule is c1ccc2c(c1)-c1cccc[n+]1C1CCCCC21. The second-order valence-electron chi connectivity index (χ2n) is 5.54. The van der Waals surface area contributed by atoms with E-state index in [0.29, 0.717) is 6.04 Å². The number of rotatable bonds is 0.